The van der Waals surface area contributed by atoms with Crippen LogP contribution in [0, 0.1) is 0 Å². The zero-order chi connectivity index (χ0) is 15.8. The summed E-state index contributed by atoms with van der Waals surface area (Å²) in [5, 5.41) is 19.4. The number of aromatic carboxylic acids is 1. The van der Waals surface area contributed by atoms with Gasteiger partial charge in [0.05, 0.1) is 11.2 Å². The Labute approximate surface area is 125 Å². The van der Waals surface area contributed by atoms with Gasteiger partial charge in [0.2, 0.25) is 0 Å². The number of aliphatic hydroxyl groups is 1. The van der Waals surface area contributed by atoms with Crippen molar-refractivity contribution in [3.8, 4) is 5.75 Å². The Bertz CT molecular complexity index is 590. The Morgan fingerprint density at radius 2 is 2.10 bits per heavy atom. The zero-order valence-corrected chi connectivity index (χ0v) is 12.9. The third kappa shape index (κ3) is 3.45. The van der Waals surface area contributed by atoms with Crippen LogP contribution in [-0.2, 0) is 12.8 Å². The van der Waals surface area contributed by atoms with Crippen LogP contribution in [0.15, 0.2) is 23.8 Å². The Hall–Kier alpha value is -1.81. The maximum Gasteiger partial charge on any atom is 0.335 e. The number of ether oxygens (including phenoxy) is 1. The summed E-state index contributed by atoms with van der Waals surface area (Å²) in [6.45, 7) is 7.42. The number of carbonyl (C=O) groups is 1. The second-order valence-electron chi connectivity index (χ2n) is 6.38. The average molecular weight is 290 g/mol. The molecule has 2 rings (SSSR count). The maximum atomic E-state index is 11.3. The molecule has 1 aliphatic heterocycles. The van der Waals surface area contributed by atoms with E-state index >= 15 is 0 Å². The Morgan fingerprint density at radius 1 is 1.43 bits per heavy atom. The molecule has 1 aromatic carbocycles. The Morgan fingerprint density at radius 3 is 2.62 bits per heavy atom. The molecule has 0 amide bonds. The van der Waals surface area contributed by atoms with Crippen molar-refractivity contribution in [3.05, 3.63) is 40.5 Å². The van der Waals surface area contributed by atoms with E-state index in [0.29, 0.717) is 12.8 Å². The molecule has 114 valence electrons. The van der Waals surface area contributed by atoms with Gasteiger partial charge in [0, 0.05) is 6.42 Å². The van der Waals surface area contributed by atoms with Gasteiger partial charge in [0.1, 0.15) is 11.9 Å². The largest absolute Gasteiger partial charge is 0.487 e. The maximum absolute atomic E-state index is 11.3. The number of benzene rings is 1. The van der Waals surface area contributed by atoms with Gasteiger partial charge in [-0.05, 0) is 57.4 Å². The van der Waals surface area contributed by atoms with Gasteiger partial charge in [-0.3, -0.25) is 0 Å². The van der Waals surface area contributed by atoms with Crippen molar-refractivity contribution in [2.75, 3.05) is 0 Å². The number of carboxylic acid groups (broad SMARTS) is 1. The number of allylic oxidation sites excluding steroid dienone is 2. The van der Waals surface area contributed by atoms with Gasteiger partial charge in [0.25, 0.3) is 0 Å². The molecule has 1 unspecified atom stereocenters. The first-order valence-electron chi connectivity index (χ1n) is 7.10. The van der Waals surface area contributed by atoms with Gasteiger partial charge in [-0.25, -0.2) is 4.79 Å². The van der Waals surface area contributed by atoms with E-state index in [1.807, 2.05) is 19.9 Å². The fraction of sp³-hybridized carbons (Fsp3) is 0.471. The lowest BCUT2D eigenvalue weighted by Gasteiger charge is -2.24. The first-order chi connectivity index (χ1) is 9.68. The molecular weight excluding hydrogens is 268 g/mol. The summed E-state index contributed by atoms with van der Waals surface area (Å²) >= 11 is 0. The van der Waals surface area contributed by atoms with Crippen LogP contribution in [0.5, 0.6) is 5.75 Å². The third-order valence-electron chi connectivity index (χ3n) is 3.67. The molecule has 2 N–H and O–H groups in total. The minimum Gasteiger partial charge on any atom is -0.487 e. The van der Waals surface area contributed by atoms with Crippen molar-refractivity contribution in [3.63, 3.8) is 0 Å². The quantitative estimate of drug-likeness (QED) is 0.837. The first kappa shape index (κ1) is 15.6. The molecule has 4 heteroatoms. The van der Waals surface area contributed by atoms with E-state index in [4.69, 9.17) is 4.74 Å². The van der Waals surface area contributed by atoms with E-state index in [1.54, 1.807) is 26.0 Å². The van der Waals surface area contributed by atoms with Gasteiger partial charge in [0.15, 0.2) is 0 Å². The lowest BCUT2D eigenvalue weighted by atomic mass is 9.95. The number of hydrogen-bond acceptors (Lipinski definition) is 3. The van der Waals surface area contributed by atoms with Crippen LogP contribution in [0.2, 0.25) is 0 Å². The number of hydrogen-bond donors (Lipinski definition) is 2. The number of rotatable bonds is 4. The van der Waals surface area contributed by atoms with Crippen LogP contribution in [0.3, 0.4) is 0 Å². The summed E-state index contributed by atoms with van der Waals surface area (Å²) in [6.07, 6.45) is 2.86. The molecule has 0 fully saturated rings. The number of carboxylic acids is 1. The van der Waals surface area contributed by atoms with E-state index in [-0.39, 0.29) is 11.7 Å². The molecule has 0 spiro atoms. The van der Waals surface area contributed by atoms with Gasteiger partial charge in [-0.2, -0.15) is 0 Å². The topological polar surface area (TPSA) is 66.8 Å². The van der Waals surface area contributed by atoms with Crippen molar-refractivity contribution in [1.82, 2.24) is 0 Å². The van der Waals surface area contributed by atoms with Crippen molar-refractivity contribution >= 4 is 5.97 Å². The van der Waals surface area contributed by atoms with E-state index in [0.717, 1.165) is 16.9 Å². The van der Waals surface area contributed by atoms with Crippen LogP contribution in [0.1, 0.15) is 49.2 Å². The summed E-state index contributed by atoms with van der Waals surface area (Å²) < 4.78 is 5.90. The molecule has 1 heterocycles. The second kappa shape index (κ2) is 5.53. The molecule has 4 nitrogen and oxygen atoms in total. The highest BCUT2D eigenvalue weighted by molar-refractivity contribution is 5.88. The van der Waals surface area contributed by atoms with Crippen molar-refractivity contribution < 1.29 is 19.7 Å². The zero-order valence-electron chi connectivity index (χ0n) is 12.9. The Kier molecular flexibility index (Phi) is 4.10. The van der Waals surface area contributed by atoms with Gasteiger partial charge in [-0.15, -0.1) is 0 Å². The fourth-order valence-electron chi connectivity index (χ4n) is 2.42. The summed E-state index contributed by atoms with van der Waals surface area (Å²) in [5.41, 5.74) is 2.19. The molecule has 21 heavy (non-hydrogen) atoms. The predicted octanol–water partition coefficient (Wildman–Crippen LogP) is 2.97. The SMILES string of the molecule is CC(C)=CCc1cc(C(=O)O)cc2c1OC(C(C)(C)O)C2. The first-order valence-corrected chi connectivity index (χ1v) is 7.10. The molecule has 0 bridgehead atoms. The second-order valence-corrected chi connectivity index (χ2v) is 6.38. The average Bonchev–Trinajstić information content (AvgIpc) is 2.79. The van der Waals surface area contributed by atoms with E-state index < -0.39 is 11.6 Å². The molecule has 0 saturated heterocycles. The molecule has 1 atom stereocenters. The predicted molar refractivity (Wildman–Crippen MR) is 81.0 cm³/mol. The molecule has 0 radical (unpaired) electrons. The summed E-state index contributed by atoms with van der Waals surface area (Å²) in [6, 6.07) is 3.31. The minimum atomic E-state index is -0.962. The van der Waals surface area contributed by atoms with Crippen molar-refractivity contribution in [2.45, 2.75) is 52.2 Å². The molecular formula is C17H22O4. The Balaban J connectivity index is 2.43. The smallest absolute Gasteiger partial charge is 0.335 e. The third-order valence-corrected chi connectivity index (χ3v) is 3.67. The van der Waals surface area contributed by atoms with E-state index in [9.17, 15) is 15.0 Å². The highest BCUT2D eigenvalue weighted by Gasteiger charge is 2.36. The van der Waals surface area contributed by atoms with Gasteiger partial charge < -0.3 is 14.9 Å². The van der Waals surface area contributed by atoms with Gasteiger partial charge >= 0.3 is 5.97 Å². The van der Waals surface area contributed by atoms with Gasteiger partial charge in [-0.1, -0.05) is 11.6 Å². The van der Waals surface area contributed by atoms with Crippen LogP contribution >= 0.6 is 0 Å². The summed E-state index contributed by atoms with van der Waals surface area (Å²) in [4.78, 5) is 11.3. The number of fused-ring (bicyclic) bond motifs is 1. The lowest BCUT2D eigenvalue weighted by Crippen LogP contribution is -2.39. The minimum absolute atomic E-state index is 0.269. The van der Waals surface area contributed by atoms with Crippen LogP contribution < -0.4 is 4.74 Å². The van der Waals surface area contributed by atoms with Crippen LogP contribution in [-0.4, -0.2) is 27.9 Å². The standard InChI is InChI=1S/C17H22O4/c1-10(2)5-6-11-7-13(16(18)19)8-12-9-14(17(3,4)20)21-15(11)12/h5,7-8,14,20H,6,9H2,1-4H3,(H,18,19). The normalized spacial score (nSPS) is 17.1. The highest BCUT2D eigenvalue weighted by atomic mass is 16.5. The molecule has 1 aromatic rings. The molecule has 0 aromatic heterocycles. The van der Waals surface area contributed by atoms with Crippen molar-refractivity contribution in [1.29, 1.82) is 0 Å². The summed E-state index contributed by atoms with van der Waals surface area (Å²) in [5.74, 6) is -0.215. The molecule has 0 saturated carbocycles. The highest BCUT2D eigenvalue weighted by Crippen LogP contribution is 2.37. The molecule has 1 aliphatic rings. The van der Waals surface area contributed by atoms with E-state index in [2.05, 4.69) is 0 Å². The van der Waals surface area contributed by atoms with Crippen LogP contribution in [0.25, 0.3) is 0 Å². The molecule has 0 aliphatic carbocycles. The summed E-state index contributed by atoms with van der Waals surface area (Å²) in [7, 11) is 0. The van der Waals surface area contributed by atoms with E-state index in [1.165, 1.54) is 5.57 Å². The van der Waals surface area contributed by atoms with Crippen LogP contribution in [0.4, 0.5) is 0 Å². The lowest BCUT2D eigenvalue weighted by molar-refractivity contribution is -0.0231. The van der Waals surface area contributed by atoms with Crippen molar-refractivity contribution in [2.24, 2.45) is 0 Å². The monoisotopic (exact) mass is 290 g/mol. The fourth-order valence-corrected chi connectivity index (χ4v) is 2.42.